The van der Waals surface area contributed by atoms with E-state index < -0.39 is 0 Å². The highest BCUT2D eigenvalue weighted by Gasteiger charge is 2.42. The molecule has 0 radical (unpaired) electrons. The second kappa shape index (κ2) is 6.71. The first-order valence-electron chi connectivity index (χ1n) is 6.87. The maximum absolute atomic E-state index is 6.35. The van der Waals surface area contributed by atoms with Gasteiger partial charge in [-0.05, 0) is 25.6 Å². The average Bonchev–Trinajstić information content (AvgIpc) is 2.43. The van der Waals surface area contributed by atoms with E-state index in [1.54, 1.807) is 0 Å². The number of halogens is 1. The summed E-state index contributed by atoms with van der Waals surface area (Å²) < 4.78 is 11.6. The Hall–Kier alpha value is -0.610. The van der Waals surface area contributed by atoms with Crippen molar-refractivity contribution in [3.63, 3.8) is 0 Å². The lowest BCUT2D eigenvalue weighted by Crippen LogP contribution is -2.49. The van der Waals surface area contributed by atoms with Gasteiger partial charge in [-0.15, -0.1) is 0 Å². The van der Waals surface area contributed by atoms with Crippen LogP contribution in [-0.2, 0) is 9.47 Å². The third kappa shape index (κ3) is 3.11. The Bertz CT molecular complexity index is 399. The molecule has 0 amide bonds. The minimum Gasteiger partial charge on any atom is -0.381 e. The molecule has 1 N–H and O–H groups in total. The molecule has 3 nitrogen and oxygen atoms in total. The van der Waals surface area contributed by atoms with Crippen LogP contribution in [0, 0.1) is 0 Å². The Balaban J connectivity index is 2.34. The third-order valence-corrected chi connectivity index (χ3v) is 4.15. The van der Waals surface area contributed by atoms with Crippen molar-refractivity contribution in [2.75, 3.05) is 26.9 Å². The maximum atomic E-state index is 6.35. The molecule has 1 unspecified atom stereocenters. The highest BCUT2D eigenvalue weighted by atomic mass is 35.5. The Morgan fingerprint density at radius 2 is 2.05 bits per heavy atom. The summed E-state index contributed by atoms with van der Waals surface area (Å²) in [6, 6.07) is 8.06. The number of likely N-dealkylation sites (N-methyl/N-ethyl adjacent to an activating group) is 1. The second-order valence-electron chi connectivity index (χ2n) is 4.85. The fraction of sp³-hybridized carbons (Fsp3) is 0.600. The van der Waals surface area contributed by atoms with Crippen LogP contribution in [0.15, 0.2) is 24.3 Å². The average molecular weight is 284 g/mol. The Morgan fingerprint density at radius 1 is 1.37 bits per heavy atom. The molecule has 4 heteroatoms. The minimum absolute atomic E-state index is 0.0880. The number of benzene rings is 1. The molecule has 0 aromatic heterocycles. The maximum Gasteiger partial charge on any atom is 0.0920 e. The topological polar surface area (TPSA) is 30.5 Å². The van der Waals surface area contributed by atoms with Crippen molar-refractivity contribution in [2.24, 2.45) is 0 Å². The summed E-state index contributed by atoms with van der Waals surface area (Å²) >= 11 is 6.35. The summed E-state index contributed by atoms with van der Waals surface area (Å²) in [6.07, 6.45) is 1.77. The van der Waals surface area contributed by atoms with Gasteiger partial charge in [0.1, 0.15) is 0 Å². The van der Waals surface area contributed by atoms with Gasteiger partial charge in [0.25, 0.3) is 0 Å². The van der Waals surface area contributed by atoms with Gasteiger partial charge in [0.15, 0.2) is 0 Å². The van der Waals surface area contributed by atoms with Crippen molar-refractivity contribution in [1.29, 1.82) is 0 Å². The molecule has 19 heavy (non-hydrogen) atoms. The van der Waals surface area contributed by atoms with Crippen molar-refractivity contribution in [3.8, 4) is 0 Å². The minimum atomic E-state index is -0.229. The lowest BCUT2D eigenvalue weighted by molar-refractivity contribution is -0.127. The van der Waals surface area contributed by atoms with E-state index in [0.717, 1.165) is 36.6 Å². The predicted octanol–water partition coefficient (Wildman–Crippen LogP) is 3.19. The van der Waals surface area contributed by atoms with Gasteiger partial charge in [-0.1, -0.05) is 29.8 Å². The van der Waals surface area contributed by atoms with Crippen molar-refractivity contribution >= 4 is 11.6 Å². The van der Waals surface area contributed by atoms with Crippen LogP contribution in [-0.4, -0.2) is 32.5 Å². The van der Waals surface area contributed by atoms with Crippen LogP contribution in [0.3, 0.4) is 0 Å². The zero-order chi connectivity index (χ0) is 13.7. The van der Waals surface area contributed by atoms with E-state index in [4.69, 9.17) is 21.1 Å². The first-order chi connectivity index (χ1) is 9.23. The van der Waals surface area contributed by atoms with E-state index >= 15 is 0 Å². The van der Waals surface area contributed by atoms with Crippen LogP contribution in [0.25, 0.3) is 0 Å². The number of ether oxygens (including phenoxy) is 2. The number of rotatable bonds is 5. The quantitative estimate of drug-likeness (QED) is 0.900. The van der Waals surface area contributed by atoms with E-state index in [9.17, 15) is 0 Å². The molecule has 0 bridgehead atoms. The first-order valence-corrected chi connectivity index (χ1v) is 7.24. The highest BCUT2D eigenvalue weighted by Crippen LogP contribution is 2.39. The van der Waals surface area contributed by atoms with Crippen LogP contribution < -0.4 is 5.32 Å². The molecule has 1 atom stereocenters. The standard InChI is InChI=1S/C15H22ClNO2/c1-3-19-15(8-10-18-11-9-15)14(17-2)12-6-4-5-7-13(12)16/h4-7,14,17H,3,8-11H2,1-2H3. The van der Waals surface area contributed by atoms with Gasteiger partial charge < -0.3 is 14.8 Å². The smallest absolute Gasteiger partial charge is 0.0920 e. The molecule has 2 rings (SSSR count). The van der Waals surface area contributed by atoms with E-state index in [-0.39, 0.29) is 11.6 Å². The van der Waals surface area contributed by atoms with Gasteiger partial charge in [-0.25, -0.2) is 0 Å². The fourth-order valence-corrected chi connectivity index (χ4v) is 3.18. The van der Waals surface area contributed by atoms with E-state index in [2.05, 4.69) is 11.4 Å². The molecule has 0 aliphatic carbocycles. The summed E-state index contributed by atoms with van der Waals surface area (Å²) in [4.78, 5) is 0. The summed E-state index contributed by atoms with van der Waals surface area (Å²) in [7, 11) is 1.96. The van der Waals surface area contributed by atoms with Gasteiger partial charge in [-0.3, -0.25) is 0 Å². The molecule has 0 spiro atoms. The molecule has 1 aliphatic rings. The van der Waals surface area contributed by atoms with Crippen LogP contribution >= 0.6 is 11.6 Å². The molecule has 0 saturated carbocycles. The van der Waals surface area contributed by atoms with Crippen LogP contribution in [0.1, 0.15) is 31.4 Å². The second-order valence-corrected chi connectivity index (χ2v) is 5.26. The molecular weight excluding hydrogens is 262 g/mol. The van der Waals surface area contributed by atoms with Gasteiger partial charge in [0, 0.05) is 37.7 Å². The third-order valence-electron chi connectivity index (χ3n) is 3.80. The number of hydrogen-bond acceptors (Lipinski definition) is 3. The summed E-state index contributed by atoms with van der Waals surface area (Å²) in [5.74, 6) is 0. The van der Waals surface area contributed by atoms with Crippen LogP contribution in [0.5, 0.6) is 0 Å². The van der Waals surface area contributed by atoms with Crippen molar-refractivity contribution in [3.05, 3.63) is 34.9 Å². The molecule has 1 saturated heterocycles. The van der Waals surface area contributed by atoms with Gasteiger partial charge in [0.05, 0.1) is 11.6 Å². The molecular formula is C15H22ClNO2. The fourth-order valence-electron chi connectivity index (χ4n) is 2.93. The summed E-state index contributed by atoms with van der Waals surface area (Å²) in [5, 5.41) is 4.17. The van der Waals surface area contributed by atoms with Gasteiger partial charge in [-0.2, -0.15) is 0 Å². The normalized spacial score (nSPS) is 20.2. The molecule has 1 aliphatic heterocycles. The molecule has 1 fully saturated rings. The molecule has 106 valence electrons. The Kier molecular flexibility index (Phi) is 5.22. The summed E-state index contributed by atoms with van der Waals surface area (Å²) in [5.41, 5.74) is 0.870. The molecule has 1 aromatic rings. The first kappa shape index (κ1) is 14.8. The van der Waals surface area contributed by atoms with Crippen LogP contribution in [0.4, 0.5) is 0 Å². The number of nitrogens with one attached hydrogen (secondary N) is 1. The van der Waals surface area contributed by atoms with Crippen molar-refractivity contribution < 1.29 is 9.47 Å². The zero-order valence-electron chi connectivity index (χ0n) is 11.6. The lowest BCUT2D eigenvalue weighted by atomic mass is 9.82. The van der Waals surface area contributed by atoms with Gasteiger partial charge >= 0.3 is 0 Å². The van der Waals surface area contributed by atoms with Gasteiger partial charge in [0.2, 0.25) is 0 Å². The zero-order valence-corrected chi connectivity index (χ0v) is 12.4. The SMILES string of the molecule is CCOC1(C(NC)c2ccccc2Cl)CCOCC1. The largest absolute Gasteiger partial charge is 0.381 e. The summed E-state index contributed by atoms with van der Waals surface area (Å²) in [6.45, 7) is 4.21. The van der Waals surface area contributed by atoms with E-state index in [1.807, 2.05) is 32.2 Å². The molecule has 1 heterocycles. The molecule has 1 aromatic carbocycles. The highest BCUT2D eigenvalue weighted by molar-refractivity contribution is 6.31. The monoisotopic (exact) mass is 283 g/mol. The van der Waals surface area contributed by atoms with Crippen LogP contribution in [0.2, 0.25) is 5.02 Å². The Morgan fingerprint density at radius 3 is 2.63 bits per heavy atom. The van der Waals surface area contributed by atoms with E-state index in [1.165, 1.54) is 0 Å². The van der Waals surface area contributed by atoms with Crippen molar-refractivity contribution in [2.45, 2.75) is 31.4 Å². The van der Waals surface area contributed by atoms with E-state index in [0.29, 0.717) is 6.61 Å². The number of hydrogen-bond donors (Lipinski definition) is 1. The Labute approximate surface area is 120 Å². The predicted molar refractivity (Wildman–Crippen MR) is 77.7 cm³/mol. The van der Waals surface area contributed by atoms with Crippen molar-refractivity contribution in [1.82, 2.24) is 5.32 Å². The lowest BCUT2D eigenvalue weighted by Gasteiger charge is -2.43.